The van der Waals surface area contributed by atoms with Crippen molar-refractivity contribution in [1.82, 2.24) is 5.32 Å². The van der Waals surface area contributed by atoms with Gasteiger partial charge in [-0.05, 0) is 39.8 Å². The summed E-state index contributed by atoms with van der Waals surface area (Å²) in [5, 5.41) is 15.1. The minimum atomic E-state index is -0.468. The van der Waals surface area contributed by atoms with Crippen LogP contribution in [0.3, 0.4) is 0 Å². The van der Waals surface area contributed by atoms with E-state index >= 15 is 0 Å². The molecule has 1 rings (SSSR count). The molecule has 0 spiro atoms. The van der Waals surface area contributed by atoms with Crippen molar-refractivity contribution in [2.45, 2.75) is 39.3 Å². The van der Waals surface area contributed by atoms with Crippen LogP contribution in [0.2, 0.25) is 0 Å². The molecule has 4 nitrogen and oxygen atoms in total. The summed E-state index contributed by atoms with van der Waals surface area (Å²) in [7, 11) is 0. The third kappa shape index (κ3) is 4.47. The summed E-state index contributed by atoms with van der Waals surface area (Å²) >= 11 is 0. The third-order valence-corrected chi connectivity index (χ3v) is 2.71. The van der Waals surface area contributed by atoms with Crippen LogP contribution in [-0.4, -0.2) is 29.2 Å². The molecule has 1 unspecified atom stereocenters. The predicted molar refractivity (Wildman–Crippen MR) is 73.6 cm³/mol. The Kier molecular flexibility index (Phi) is 4.87. The monoisotopic (exact) mass is 250 g/mol. The minimum Gasteiger partial charge on any atom is -0.394 e. The Morgan fingerprint density at radius 3 is 2.39 bits per heavy atom. The molecule has 0 radical (unpaired) electrons. The van der Waals surface area contributed by atoms with Crippen LogP contribution in [0, 0.1) is 6.92 Å². The highest BCUT2D eigenvalue weighted by molar-refractivity contribution is 5.94. The number of rotatable bonds is 5. The molecule has 0 heterocycles. The minimum absolute atomic E-state index is 0.0187. The third-order valence-electron chi connectivity index (χ3n) is 2.71. The van der Waals surface area contributed by atoms with Crippen LogP contribution >= 0.6 is 0 Å². The van der Waals surface area contributed by atoms with E-state index in [1.54, 1.807) is 6.92 Å². The van der Waals surface area contributed by atoms with Crippen LogP contribution in [0.25, 0.3) is 0 Å². The number of aryl methyl sites for hydroxylation is 1. The van der Waals surface area contributed by atoms with E-state index in [1.165, 1.54) is 0 Å². The largest absolute Gasteiger partial charge is 0.394 e. The van der Waals surface area contributed by atoms with Gasteiger partial charge in [-0.3, -0.25) is 10.1 Å². The standard InChI is InChI=1S/C14H22N2O2/c1-10-5-7-12(8-6-10)15-13(18)11(2)16-14(3,4)9-17/h5-8,11,16-17H,9H2,1-4H3,(H,15,18). The number of nitrogens with one attached hydrogen (secondary N) is 2. The number of amides is 1. The van der Waals surface area contributed by atoms with Crippen LogP contribution in [0.4, 0.5) is 5.69 Å². The Morgan fingerprint density at radius 1 is 1.33 bits per heavy atom. The Labute approximate surface area is 108 Å². The number of hydrogen-bond acceptors (Lipinski definition) is 3. The SMILES string of the molecule is Cc1ccc(NC(=O)C(C)NC(C)(C)CO)cc1. The summed E-state index contributed by atoms with van der Waals surface area (Å²) in [5.74, 6) is -0.111. The lowest BCUT2D eigenvalue weighted by Crippen LogP contribution is -2.51. The van der Waals surface area contributed by atoms with E-state index < -0.39 is 5.54 Å². The van der Waals surface area contributed by atoms with Crippen molar-refractivity contribution in [2.75, 3.05) is 11.9 Å². The summed E-state index contributed by atoms with van der Waals surface area (Å²) in [6, 6.07) is 7.28. The number of benzene rings is 1. The van der Waals surface area contributed by atoms with Gasteiger partial charge in [0.1, 0.15) is 0 Å². The Hall–Kier alpha value is -1.39. The molecular weight excluding hydrogens is 228 g/mol. The Balaban J connectivity index is 2.57. The molecule has 0 aromatic heterocycles. The van der Waals surface area contributed by atoms with Crippen LogP contribution in [0.15, 0.2) is 24.3 Å². The van der Waals surface area contributed by atoms with Crippen molar-refractivity contribution in [1.29, 1.82) is 0 Å². The molecule has 0 aliphatic rings. The molecule has 4 heteroatoms. The van der Waals surface area contributed by atoms with Crippen LogP contribution in [0.1, 0.15) is 26.3 Å². The van der Waals surface area contributed by atoms with Gasteiger partial charge in [0.05, 0.1) is 12.6 Å². The van der Waals surface area contributed by atoms with Crippen molar-refractivity contribution in [3.05, 3.63) is 29.8 Å². The van der Waals surface area contributed by atoms with E-state index in [0.29, 0.717) is 0 Å². The van der Waals surface area contributed by atoms with E-state index in [9.17, 15) is 4.79 Å². The van der Waals surface area contributed by atoms with Gasteiger partial charge < -0.3 is 10.4 Å². The lowest BCUT2D eigenvalue weighted by molar-refractivity contribution is -0.118. The fourth-order valence-electron chi connectivity index (χ4n) is 1.58. The average Bonchev–Trinajstić information content (AvgIpc) is 2.31. The van der Waals surface area contributed by atoms with Gasteiger partial charge in [0.2, 0.25) is 5.91 Å². The zero-order valence-electron chi connectivity index (χ0n) is 11.4. The molecule has 3 N–H and O–H groups in total. The van der Waals surface area contributed by atoms with Crippen molar-refractivity contribution in [2.24, 2.45) is 0 Å². The fourth-order valence-corrected chi connectivity index (χ4v) is 1.58. The van der Waals surface area contributed by atoms with Gasteiger partial charge in [0.25, 0.3) is 0 Å². The van der Waals surface area contributed by atoms with E-state index in [4.69, 9.17) is 5.11 Å². The van der Waals surface area contributed by atoms with Gasteiger partial charge >= 0.3 is 0 Å². The molecule has 1 atom stereocenters. The number of aliphatic hydroxyl groups excluding tert-OH is 1. The number of carbonyl (C=O) groups excluding carboxylic acids is 1. The highest BCUT2D eigenvalue weighted by Crippen LogP contribution is 2.10. The zero-order valence-corrected chi connectivity index (χ0v) is 11.4. The maximum atomic E-state index is 11.9. The zero-order chi connectivity index (χ0) is 13.8. The first kappa shape index (κ1) is 14.7. The molecule has 0 fully saturated rings. The second-order valence-corrected chi connectivity index (χ2v) is 5.26. The first-order valence-corrected chi connectivity index (χ1v) is 6.10. The number of hydrogen-bond donors (Lipinski definition) is 3. The van der Waals surface area contributed by atoms with E-state index in [1.807, 2.05) is 45.0 Å². The summed E-state index contributed by atoms with van der Waals surface area (Å²) in [6.07, 6.45) is 0. The topological polar surface area (TPSA) is 61.4 Å². The molecular formula is C14H22N2O2. The maximum Gasteiger partial charge on any atom is 0.241 e. The molecule has 1 amide bonds. The molecule has 0 saturated heterocycles. The van der Waals surface area contributed by atoms with Gasteiger partial charge in [-0.2, -0.15) is 0 Å². The van der Waals surface area contributed by atoms with Crippen molar-refractivity contribution in [3.8, 4) is 0 Å². The second-order valence-electron chi connectivity index (χ2n) is 5.26. The van der Waals surface area contributed by atoms with Crippen LogP contribution in [0.5, 0.6) is 0 Å². The molecule has 18 heavy (non-hydrogen) atoms. The Bertz CT molecular complexity index is 399. The highest BCUT2D eigenvalue weighted by atomic mass is 16.3. The fraction of sp³-hybridized carbons (Fsp3) is 0.500. The number of carbonyl (C=O) groups is 1. The maximum absolute atomic E-state index is 11.9. The summed E-state index contributed by atoms with van der Waals surface area (Å²) in [6.45, 7) is 7.46. The Morgan fingerprint density at radius 2 is 1.89 bits per heavy atom. The quantitative estimate of drug-likeness (QED) is 0.745. The predicted octanol–water partition coefficient (Wildman–Crippen LogP) is 1.68. The van der Waals surface area contributed by atoms with Crippen molar-refractivity contribution >= 4 is 11.6 Å². The molecule has 0 saturated carbocycles. The van der Waals surface area contributed by atoms with Gasteiger partial charge in [-0.15, -0.1) is 0 Å². The van der Waals surface area contributed by atoms with E-state index in [-0.39, 0.29) is 18.6 Å². The van der Waals surface area contributed by atoms with E-state index in [2.05, 4.69) is 10.6 Å². The number of aliphatic hydroxyl groups is 1. The average molecular weight is 250 g/mol. The normalized spacial score (nSPS) is 13.2. The van der Waals surface area contributed by atoms with Gasteiger partial charge in [-0.25, -0.2) is 0 Å². The summed E-state index contributed by atoms with van der Waals surface area (Å²) in [4.78, 5) is 11.9. The molecule has 100 valence electrons. The van der Waals surface area contributed by atoms with Crippen molar-refractivity contribution in [3.63, 3.8) is 0 Å². The van der Waals surface area contributed by atoms with E-state index in [0.717, 1.165) is 11.3 Å². The molecule has 1 aromatic carbocycles. The lowest BCUT2D eigenvalue weighted by Gasteiger charge is -2.27. The molecule has 0 bridgehead atoms. The molecule has 0 aliphatic carbocycles. The van der Waals surface area contributed by atoms with Gasteiger partial charge in [-0.1, -0.05) is 17.7 Å². The van der Waals surface area contributed by atoms with Gasteiger partial charge in [0, 0.05) is 11.2 Å². The summed E-state index contributed by atoms with van der Waals surface area (Å²) < 4.78 is 0. The second kappa shape index (κ2) is 5.98. The van der Waals surface area contributed by atoms with Crippen molar-refractivity contribution < 1.29 is 9.90 Å². The summed E-state index contributed by atoms with van der Waals surface area (Å²) in [5.41, 5.74) is 1.46. The molecule has 0 aliphatic heterocycles. The lowest BCUT2D eigenvalue weighted by atomic mass is 10.1. The van der Waals surface area contributed by atoms with Gasteiger partial charge in [0.15, 0.2) is 0 Å². The first-order chi connectivity index (χ1) is 8.34. The van der Waals surface area contributed by atoms with Crippen LogP contribution in [-0.2, 0) is 4.79 Å². The highest BCUT2D eigenvalue weighted by Gasteiger charge is 2.22. The van der Waals surface area contributed by atoms with Crippen LogP contribution < -0.4 is 10.6 Å². The molecule has 1 aromatic rings. The smallest absolute Gasteiger partial charge is 0.241 e. The first-order valence-electron chi connectivity index (χ1n) is 6.10. The number of anilines is 1.